The maximum atomic E-state index is 13.7. The first-order valence-corrected chi connectivity index (χ1v) is 6.06. The Labute approximate surface area is 116 Å². The number of aromatic nitrogens is 2. The minimum atomic E-state index is -1.35. The van der Waals surface area contributed by atoms with Gasteiger partial charge in [0.15, 0.2) is 5.54 Å². The van der Waals surface area contributed by atoms with Crippen molar-refractivity contribution >= 4 is 11.6 Å². The summed E-state index contributed by atoms with van der Waals surface area (Å²) in [5.41, 5.74) is 5.24. The van der Waals surface area contributed by atoms with Gasteiger partial charge in [0.2, 0.25) is 5.91 Å². The van der Waals surface area contributed by atoms with Crippen LogP contribution in [0, 0.1) is 12.7 Å². The van der Waals surface area contributed by atoms with E-state index in [-0.39, 0.29) is 5.69 Å². The van der Waals surface area contributed by atoms with Crippen LogP contribution in [0.15, 0.2) is 36.7 Å². The predicted octanol–water partition coefficient (Wildman–Crippen LogP) is 1.74. The molecule has 20 heavy (non-hydrogen) atoms. The molecule has 0 aliphatic heterocycles. The van der Waals surface area contributed by atoms with Crippen LogP contribution < -0.4 is 11.1 Å². The second-order valence-electron chi connectivity index (χ2n) is 4.58. The van der Waals surface area contributed by atoms with Crippen molar-refractivity contribution in [3.8, 4) is 0 Å². The Kier molecular flexibility index (Phi) is 3.65. The number of primary amides is 1. The van der Waals surface area contributed by atoms with E-state index in [2.05, 4.69) is 15.3 Å². The molecule has 6 heteroatoms. The van der Waals surface area contributed by atoms with Crippen molar-refractivity contribution < 1.29 is 9.18 Å². The average Bonchev–Trinajstić information content (AvgIpc) is 2.41. The van der Waals surface area contributed by atoms with Crippen LogP contribution in [0.3, 0.4) is 0 Å². The number of nitrogens with one attached hydrogen (secondary N) is 1. The summed E-state index contributed by atoms with van der Waals surface area (Å²) in [6, 6.07) is 6.06. The van der Waals surface area contributed by atoms with E-state index in [9.17, 15) is 9.18 Å². The highest BCUT2D eigenvalue weighted by Crippen LogP contribution is 2.27. The summed E-state index contributed by atoms with van der Waals surface area (Å²) in [7, 11) is 0. The summed E-state index contributed by atoms with van der Waals surface area (Å²) in [5.74, 6) is -1.13. The van der Waals surface area contributed by atoms with Gasteiger partial charge in [-0.05, 0) is 26.0 Å². The molecule has 0 radical (unpaired) electrons. The minimum Gasteiger partial charge on any atom is -0.367 e. The molecule has 2 rings (SSSR count). The van der Waals surface area contributed by atoms with E-state index in [0.717, 1.165) is 0 Å². The van der Waals surface area contributed by atoms with Crippen LogP contribution in [-0.2, 0) is 10.3 Å². The number of amides is 1. The highest BCUT2D eigenvalue weighted by molar-refractivity contribution is 5.88. The Bertz CT molecular complexity index is 647. The predicted molar refractivity (Wildman–Crippen MR) is 73.3 cm³/mol. The first kappa shape index (κ1) is 13.9. The number of rotatable bonds is 4. The van der Waals surface area contributed by atoms with Crippen LogP contribution in [0.5, 0.6) is 0 Å². The number of aryl methyl sites for hydroxylation is 1. The standard InChI is InChI=1S/C14H15FN4O/c1-9-12(18-8-7-17-9)14(2,13(16)20)19-11-6-4-3-5-10(11)15/h3-8,19H,1-2H3,(H2,16,20). The van der Waals surface area contributed by atoms with Crippen LogP contribution in [0.25, 0.3) is 0 Å². The molecule has 1 unspecified atom stereocenters. The zero-order chi connectivity index (χ0) is 14.8. The van der Waals surface area contributed by atoms with Gasteiger partial charge >= 0.3 is 0 Å². The topological polar surface area (TPSA) is 80.9 Å². The fourth-order valence-electron chi connectivity index (χ4n) is 1.97. The number of halogens is 1. The summed E-state index contributed by atoms with van der Waals surface area (Å²) in [5, 5.41) is 2.83. The maximum Gasteiger partial charge on any atom is 0.249 e. The van der Waals surface area contributed by atoms with Crippen molar-refractivity contribution in [3.05, 3.63) is 53.9 Å². The number of carbonyl (C=O) groups is 1. The fourth-order valence-corrected chi connectivity index (χ4v) is 1.97. The lowest BCUT2D eigenvalue weighted by Gasteiger charge is -2.29. The van der Waals surface area contributed by atoms with Gasteiger partial charge in [-0.25, -0.2) is 4.39 Å². The molecule has 0 bridgehead atoms. The normalized spacial score (nSPS) is 13.6. The van der Waals surface area contributed by atoms with Gasteiger partial charge in [0.05, 0.1) is 17.1 Å². The van der Waals surface area contributed by atoms with Crippen molar-refractivity contribution in [2.75, 3.05) is 5.32 Å². The second kappa shape index (κ2) is 5.24. The van der Waals surface area contributed by atoms with Crippen molar-refractivity contribution in [1.82, 2.24) is 9.97 Å². The molecule has 2 aromatic rings. The molecule has 0 spiro atoms. The van der Waals surface area contributed by atoms with Crippen LogP contribution in [0.4, 0.5) is 10.1 Å². The molecule has 5 nitrogen and oxygen atoms in total. The number of nitrogens with zero attached hydrogens (tertiary/aromatic N) is 2. The zero-order valence-corrected chi connectivity index (χ0v) is 11.2. The van der Waals surface area contributed by atoms with E-state index in [1.165, 1.54) is 24.5 Å². The van der Waals surface area contributed by atoms with E-state index in [1.807, 2.05) is 0 Å². The van der Waals surface area contributed by atoms with E-state index in [1.54, 1.807) is 26.0 Å². The molecule has 3 N–H and O–H groups in total. The summed E-state index contributed by atoms with van der Waals surface area (Å²) < 4.78 is 13.7. The first-order chi connectivity index (χ1) is 9.45. The molecule has 0 aliphatic carbocycles. The molecule has 104 valence electrons. The molecular weight excluding hydrogens is 259 g/mol. The van der Waals surface area contributed by atoms with Gasteiger partial charge in [-0.2, -0.15) is 0 Å². The van der Waals surface area contributed by atoms with Crippen molar-refractivity contribution in [1.29, 1.82) is 0 Å². The fraction of sp³-hybridized carbons (Fsp3) is 0.214. The third kappa shape index (κ3) is 2.45. The largest absolute Gasteiger partial charge is 0.367 e. The molecular formula is C14H15FN4O. The van der Waals surface area contributed by atoms with E-state index < -0.39 is 17.3 Å². The molecule has 1 atom stereocenters. The van der Waals surface area contributed by atoms with Gasteiger partial charge in [-0.1, -0.05) is 12.1 Å². The van der Waals surface area contributed by atoms with E-state index in [0.29, 0.717) is 11.4 Å². The Balaban J connectivity index is 2.49. The lowest BCUT2D eigenvalue weighted by atomic mass is 9.94. The highest BCUT2D eigenvalue weighted by Gasteiger charge is 2.37. The molecule has 1 aromatic heterocycles. The van der Waals surface area contributed by atoms with Gasteiger partial charge in [-0.15, -0.1) is 0 Å². The quantitative estimate of drug-likeness (QED) is 0.889. The average molecular weight is 274 g/mol. The molecule has 0 saturated carbocycles. The number of hydrogen-bond acceptors (Lipinski definition) is 4. The van der Waals surface area contributed by atoms with Gasteiger partial charge in [0.25, 0.3) is 0 Å². The zero-order valence-electron chi connectivity index (χ0n) is 11.2. The SMILES string of the molecule is Cc1nccnc1C(C)(Nc1ccccc1F)C(N)=O. The Morgan fingerprint density at radius 1 is 1.30 bits per heavy atom. The smallest absolute Gasteiger partial charge is 0.249 e. The second-order valence-corrected chi connectivity index (χ2v) is 4.58. The lowest BCUT2D eigenvalue weighted by Crippen LogP contribution is -2.46. The van der Waals surface area contributed by atoms with Crippen LogP contribution in [0.1, 0.15) is 18.3 Å². The van der Waals surface area contributed by atoms with Gasteiger partial charge in [-0.3, -0.25) is 14.8 Å². The van der Waals surface area contributed by atoms with Crippen LogP contribution >= 0.6 is 0 Å². The molecule has 1 amide bonds. The van der Waals surface area contributed by atoms with Crippen LogP contribution in [0.2, 0.25) is 0 Å². The number of carbonyl (C=O) groups excluding carboxylic acids is 1. The number of benzene rings is 1. The third-order valence-corrected chi connectivity index (χ3v) is 3.11. The number of para-hydroxylation sites is 1. The van der Waals surface area contributed by atoms with Crippen molar-refractivity contribution in [2.45, 2.75) is 19.4 Å². The molecule has 0 saturated heterocycles. The minimum absolute atomic E-state index is 0.179. The number of nitrogens with two attached hydrogens (primary N) is 1. The monoisotopic (exact) mass is 274 g/mol. The van der Waals surface area contributed by atoms with E-state index in [4.69, 9.17) is 5.73 Å². The molecule has 0 aliphatic rings. The number of hydrogen-bond donors (Lipinski definition) is 2. The Morgan fingerprint density at radius 2 is 1.95 bits per heavy atom. The van der Waals surface area contributed by atoms with Gasteiger partial charge in [0.1, 0.15) is 5.82 Å². The Morgan fingerprint density at radius 3 is 2.55 bits per heavy atom. The number of anilines is 1. The summed E-state index contributed by atoms with van der Waals surface area (Å²) in [6.45, 7) is 3.27. The molecule has 0 fully saturated rings. The summed E-state index contributed by atoms with van der Waals surface area (Å²) in [4.78, 5) is 20.1. The van der Waals surface area contributed by atoms with Crippen LogP contribution in [-0.4, -0.2) is 15.9 Å². The Hall–Kier alpha value is -2.50. The third-order valence-electron chi connectivity index (χ3n) is 3.11. The highest BCUT2D eigenvalue weighted by atomic mass is 19.1. The molecule has 1 aromatic carbocycles. The lowest BCUT2D eigenvalue weighted by molar-refractivity contribution is -0.122. The van der Waals surface area contributed by atoms with Crippen molar-refractivity contribution in [3.63, 3.8) is 0 Å². The first-order valence-electron chi connectivity index (χ1n) is 6.06. The maximum absolute atomic E-state index is 13.7. The summed E-state index contributed by atoms with van der Waals surface area (Å²) >= 11 is 0. The van der Waals surface area contributed by atoms with E-state index >= 15 is 0 Å². The van der Waals surface area contributed by atoms with Gasteiger partial charge in [0, 0.05) is 12.4 Å². The summed E-state index contributed by atoms with van der Waals surface area (Å²) in [6.07, 6.45) is 2.98. The molecule has 1 heterocycles. The van der Waals surface area contributed by atoms with Gasteiger partial charge < -0.3 is 11.1 Å². The van der Waals surface area contributed by atoms with Crippen molar-refractivity contribution in [2.24, 2.45) is 5.73 Å².